The summed E-state index contributed by atoms with van der Waals surface area (Å²) in [5.74, 6) is 1.24. The van der Waals surface area contributed by atoms with Crippen LogP contribution in [0.15, 0.2) is 77.7 Å². The van der Waals surface area contributed by atoms with Crippen molar-refractivity contribution in [1.29, 1.82) is 0 Å². The summed E-state index contributed by atoms with van der Waals surface area (Å²) >= 11 is 0. The van der Waals surface area contributed by atoms with Crippen LogP contribution in [0.3, 0.4) is 0 Å². The van der Waals surface area contributed by atoms with Gasteiger partial charge in [0.1, 0.15) is 16.4 Å². The number of nitrogens with two attached hydrogens (primary N) is 1. The summed E-state index contributed by atoms with van der Waals surface area (Å²) in [5.41, 5.74) is 9.79. The van der Waals surface area contributed by atoms with E-state index in [0.29, 0.717) is 44.0 Å². The Kier molecular flexibility index (Phi) is 8.30. The molecule has 9 heteroatoms. The van der Waals surface area contributed by atoms with E-state index in [-0.39, 0.29) is 4.90 Å². The zero-order chi connectivity index (χ0) is 27.2. The summed E-state index contributed by atoms with van der Waals surface area (Å²) in [4.78, 5) is 4.84. The third-order valence-electron chi connectivity index (χ3n) is 6.56. The van der Waals surface area contributed by atoms with Crippen molar-refractivity contribution in [1.82, 2.24) is 4.98 Å². The molecule has 3 aromatic carbocycles. The lowest BCUT2D eigenvalue weighted by molar-refractivity contribution is -0.102. The molecule has 5 rings (SSSR count). The van der Waals surface area contributed by atoms with E-state index in [1.54, 1.807) is 19.1 Å². The molecule has 4 aromatic rings. The number of hydrogen-bond donors (Lipinski definition) is 1. The van der Waals surface area contributed by atoms with E-state index in [9.17, 15) is 8.42 Å². The number of benzene rings is 3. The number of nitrogens with zero attached hydrogens (tertiary/aromatic N) is 1. The zero-order valence-electron chi connectivity index (χ0n) is 21.8. The second-order valence-corrected chi connectivity index (χ2v) is 11.0. The fourth-order valence-corrected chi connectivity index (χ4v) is 5.70. The Morgan fingerprint density at radius 2 is 1.79 bits per heavy atom. The summed E-state index contributed by atoms with van der Waals surface area (Å²) < 4.78 is 48.2. The lowest BCUT2D eigenvalue weighted by Crippen LogP contribution is -2.25. The molecule has 204 valence electrons. The number of hydrogen-bond acceptors (Lipinski definition) is 8. The molecule has 0 amide bonds. The SMILES string of the molecule is Cc1c(OCCCOc2ccc3nc(-c4ccc(N)cc4)ccc3c2)cccc1S(=O)(=O)OC1CCCCO1. The summed E-state index contributed by atoms with van der Waals surface area (Å²) in [7, 11) is -3.96. The van der Waals surface area contributed by atoms with Gasteiger partial charge < -0.3 is 19.9 Å². The lowest BCUT2D eigenvalue weighted by Gasteiger charge is -2.22. The van der Waals surface area contributed by atoms with Crippen LogP contribution >= 0.6 is 0 Å². The largest absolute Gasteiger partial charge is 0.493 e. The van der Waals surface area contributed by atoms with Crippen LogP contribution in [-0.2, 0) is 19.0 Å². The van der Waals surface area contributed by atoms with Crippen molar-refractivity contribution in [2.75, 3.05) is 25.6 Å². The van der Waals surface area contributed by atoms with E-state index < -0.39 is 16.4 Å². The van der Waals surface area contributed by atoms with Crippen molar-refractivity contribution < 1.29 is 26.8 Å². The number of anilines is 1. The smallest absolute Gasteiger partial charge is 0.299 e. The van der Waals surface area contributed by atoms with Crippen LogP contribution in [0.5, 0.6) is 11.5 Å². The molecule has 1 saturated heterocycles. The van der Waals surface area contributed by atoms with Gasteiger partial charge in [-0.1, -0.05) is 24.3 Å². The summed E-state index contributed by atoms with van der Waals surface area (Å²) in [6, 6.07) is 22.4. The van der Waals surface area contributed by atoms with Crippen LogP contribution in [0.2, 0.25) is 0 Å². The summed E-state index contributed by atoms with van der Waals surface area (Å²) in [6.07, 6.45) is 2.24. The van der Waals surface area contributed by atoms with E-state index in [0.717, 1.165) is 46.4 Å². The van der Waals surface area contributed by atoms with Gasteiger partial charge in [-0.15, -0.1) is 0 Å². The van der Waals surface area contributed by atoms with Gasteiger partial charge in [-0.3, -0.25) is 0 Å². The normalized spacial score (nSPS) is 15.8. The van der Waals surface area contributed by atoms with Crippen LogP contribution in [0, 0.1) is 6.92 Å². The topological polar surface area (TPSA) is 110 Å². The molecule has 1 aromatic heterocycles. The molecule has 1 unspecified atom stereocenters. The Morgan fingerprint density at radius 1 is 0.974 bits per heavy atom. The molecule has 0 bridgehead atoms. The van der Waals surface area contributed by atoms with Crippen molar-refractivity contribution in [3.05, 3.63) is 78.4 Å². The monoisotopic (exact) mass is 548 g/mol. The van der Waals surface area contributed by atoms with Crippen LogP contribution in [0.4, 0.5) is 5.69 Å². The molecule has 1 aliphatic heterocycles. The molecule has 1 fully saturated rings. The Hall–Kier alpha value is -3.66. The van der Waals surface area contributed by atoms with Crippen molar-refractivity contribution >= 4 is 26.7 Å². The molecule has 2 heterocycles. The molecule has 8 nitrogen and oxygen atoms in total. The predicted octanol–water partition coefficient (Wildman–Crippen LogP) is 5.87. The maximum absolute atomic E-state index is 12.8. The minimum atomic E-state index is -3.96. The Bertz CT molecular complexity index is 1530. The lowest BCUT2D eigenvalue weighted by atomic mass is 10.1. The van der Waals surface area contributed by atoms with Crippen molar-refractivity contribution in [3.63, 3.8) is 0 Å². The van der Waals surface area contributed by atoms with Gasteiger partial charge in [-0.2, -0.15) is 8.42 Å². The number of ether oxygens (including phenoxy) is 3. The van der Waals surface area contributed by atoms with Gasteiger partial charge >= 0.3 is 0 Å². The highest BCUT2D eigenvalue weighted by molar-refractivity contribution is 7.86. The molecule has 2 N–H and O–H groups in total. The minimum Gasteiger partial charge on any atom is -0.493 e. The fourth-order valence-electron chi connectivity index (χ4n) is 4.44. The molecule has 0 saturated carbocycles. The first kappa shape index (κ1) is 26.9. The maximum Gasteiger partial charge on any atom is 0.299 e. The first-order chi connectivity index (χ1) is 18.9. The average molecular weight is 549 g/mol. The maximum atomic E-state index is 12.8. The molecule has 0 spiro atoms. The zero-order valence-corrected chi connectivity index (χ0v) is 22.7. The quantitative estimate of drug-likeness (QED) is 0.149. The molecule has 0 radical (unpaired) electrons. The highest BCUT2D eigenvalue weighted by Crippen LogP contribution is 2.29. The van der Waals surface area contributed by atoms with Gasteiger partial charge in [-0.05, 0) is 74.7 Å². The van der Waals surface area contributed by atoms with Crippen molar-refractivity contribution in [2.24, 2.45) is 0 Å². The highest BCUT2D eigenvalue weighted by atomic mass is 32.2. The Morgan fingerprint density at radius 3 is 2.59 bits per heavy atom. The molecule has 39 heavy (non-hydrogen) atoms. The first-order valence-electron chi connectivity index (χ1n) is 13.1. The van der Waals surface area contributed by atoms with E-state index in [4.69, 9.17) is 29.1 Å². The third-order valence-corrected chi connectivity index (χ3v) is 8.01. The van der Waals surface area contributed by atoms with Gasteiger partial charge in [0.05, 0.1) is 24.4 Å². The van der Waals surface area contributed by atoms with Gasteiger partial charge in [0.15, 0.2) is 6.29 Å². The molecular weight excluding hydrogens is 516 g/mol. The van der Waals surface area contributed by atoms with E-state index in [1.807, 2.05) is 54.6 Å². The number of fused-ring (bicyclic) bond motifs is 1. The minimum absolute atomic E-state index is 0.0924. The molecule has 1 aliphatic rings. The van der Waals surface area contributed by atoms with Gasteiger partial charge in [-0.25, -0.2) is 9.17 Å². The van der Waals surface area contributed by atoms with Gasteiger partial charge in [0, 0.05) is 35.2 Å². The summed E-state index contributed by atoms with van der Waals surface area (Å²) in [5, 5.41) is 0.984. The number of nitrogen functional groups attached to an aromatic ring is 1. The standard InChI is InChI=1S/C30H32N2O6S/c1-21-28(6-4-7-29(21)39(33,34)38-30-8-2-3-17-37-30)36-19-5-18-35-25-14-16-27-23(20-25)11-15-26(32-27)22-9-12-24(31)13-10-22/h4,6-7,9-16,20,30H,2-3,5,8,17-19,31H2,1H3. The molecular formula is C30H32N2O6S. The van der Waals surface area contributed by atoms with Crippen LogP contribution in [0.1, 0.15) is 31.2 Å². The van der Waals surface area contributed by atoms with E-state index >= 15 is 0 Å². The van der Waals surface area contributed by atoms with Crippen LogP contribution in [-0.4, -0.2) is 39.5 Å². The van der Waals surface area contributed by atoms with Crippen LogP contribution < -0.4 is 15.2 Å². The second kappa shape index (κ2) is 12.0. The summed E-state index contributed by atoms with van der Waals surface area (Å²) in [6.45, 7) is 3.04. The number of aromatic nitrogens is 1. The molecule has 1 atom stereocenters. The molecule has 0 aliphatic carbocycles. The van der Waals surface area contributed by atoms with Crippen molar-refractivity contribution in [2.45, 2.75) is 43.8 Å². The van der Waals surface area contributed by atoms with E-state index in [1.165, 1.54) is 6.07 Å². The fraction of sp³-hybridized carbons (Fsp3) is 0.300. The number of pyridine rings is 1. The van der Waals surface area contributed by atoms with Gasteiger partial charge in [0.25, 0.3) is 10.1 Å². The first-order valence-corrected chi connectivity index (χ1v) is 14.5. The Labute approximate surface area is 228 Å². The van der Waals surface area contributed by atoms with E-state index in [2.05, 4.69) is 0 Å². The Balaban J connectivity index is 1.14. The number of rotatable bonds is 10. The highest BCUT2D eigenvalue weighted by Gasteiger charge is 2.26. The van der Waals surface area contributed by atoms with Gasteiger partial charge in [0.2, 0.25) is 0 Å². The van der Waals surface area contributed by atoms with Crippen LogP contribution in [0.25, 0.3) is 22.2 Å². The van der Waals surface area contributed by atoms with Crippen molar-refractivity contribution in [3.8, 4) is 22.8 Å². The average Bonchev–Trinajstić information content (AvgIpc) is 2.94. The second-order valence-electron chi connectivity index (χ2n) is 9.45. The predicted molar refractivity (Wildman–Crippen MR) is 150 cm³/mol. The third kappa shape index (κ3) is 6.68.